The van der Waals surface area contributed by atoms with Crippen molar-refractivity contribution in [3.05, 3.63) is 30.1 Å². The van der Waals surface area contributed by atoms with Crippen LogP contribution in [0.2, 0.25) is 0 Å². The number of nitrogens with two attached hydrogens (primary N) is 1. The van der Waals surface area contributed by atoms with Gasteiger partial charge in [-0.25, -0.2) is 4.98 Å². The Morgan fingerprint density at radius 2 is 2.20 bits per heavy atom. The van der Waals surface area contributed by atoms with Crippen molar-refractivity contribution in [2.45, 2.75) is 17.0 Å². The first-order valence-electron chi connectivity index (χ1n) is 4.55. The van der Waals surface area contributed by atoms with E-state index in [-0.39, 0.29) is 0 Å². The molecule has 78 valence electrons. The summed E-state index contributed by atoms with van der Waals surface area (Å²) in [5, 5.41) is 6.21. The average Bonchev–Trinajstić information content (AvgIpc) is 2.45. The Kier molecular flexibility index (Phi) is 2.64. The lowest BCUT2D eigenvalue weighted by Gasteiger charge is -2.01. The van der Waals surface area contributed by atoms with Crippen LogP contribution in [0.1, 0.15) is 5.69 Å². The van der Waals surface area contributed by atoms with Crippen LogP contribution in [0.15, 0.2) is 34.4 Å². The third-order valence-corrected chi connectivity index (χ3v) is 2.95. The number of nitrogen functional groups attached to an aromatic ring is 1. The third kappa shape index (κ3) is 2.30. The van der Waals surface area contributed by atoms with Crippen LogP contribution in [0.3, 0.4) is 0 Å². The lowest BCUT2D eigenvalue weighted by molar-refractivity contribution is 0.692. The predicted octanol–water partition coefficient (Wildman–Crippen LogP) is 1.86. The molecule has 0 aromatic carbocycles. The molecule has 2 aromatic heterocycles. The highest BCUT2D eigenvalue weighted by Gasteiger charge is 2.05. The molecule has 15 heavy (non-hydrogen) atoms. The minimum Gasteiger partial charge on any atom is -0.399 e. The van der Waals surface area contributed by atoms with Crippen LogP contribution in [0.4, 0.5) is 5.69 Å². The summed E-state index contributed by atoms with van der Waals surface area (Å²) in [5.74, 6) is 0. The maximum absolute atomic E-state index is 5.68. The summed E-state index contributed by atoms with van der Waals surface area (Å²) in [6, 6.07) is 5.65. The van der Waals surface area contributed by atoms with Gasteiger partial charge in [-0.1, -0.05) is 11.8 Å². The summed E-state index contributed by atoms with van der Waals surface area (Å²) >= 11 is 1.56. The van der Waals surface area contributed by atoms with E-state index in [1.165, 1.54) is 0 Å². The van der Waals surface area contributed by atoms with Crippen LogP contribution < -0.4 is 5.73 Å². The van der Waals surface area contributed by atoms with Crippen molar-refractivity contribution in [2.24, 2.45) is 7.05 Å². The Hall–Kier alpha value is -1.49. The minimum atomic E-state index is 0.728. The summed E-state index contributed by atoms with van der Waals surface area (Å²) < 4.78 is 1.84. The average molecular weight is 220 g/mol. The second-order valence-electron chi connectivity index (χ2n) is 3.28. The number of anilines is 1. The zero-order valence-electron chi connectivity index (χ0n) is 8.64. The molecule has 0 aliphatic carbocycles. The van der Waals surface area contributed by atoms with Crippen LogP contribution in [-0.2, 0) is 7.05 Å². The highest BCUT2D eigenvalue weighted by Crippen LogP contribution is 2.26. The van der Waals surface area contributed by atoms with Crippen molar-refractivity contribution in [1.82, 2.24) is 14.8 Å². The summed E-state index contributed by atoms with van der Waals surface area (Å²) in [4.78, 5) is 4.23. The van der Waals surface area contributed by atoms with Gasteiger partial charge in [0.1, 0.15) is 10.1 Å². The fraction of sp³-hybridized carbons (Fsp3) is 0.200. The summed E-state index contributed by atoms with van der Waals surface area (Å²) in [5.41, 5.74) is 7.41. The van der Waals surface area contributed by atoms with E-state index in [1.54, 1.807) is 24.0 Å². The monoisotopic (exact) mass is 220 g/mol. The van der Waals surface area contributed by atoms with Crippen LogP contribution in [0, 0.1) is 6.92 Å². The Balaban J connectivity index is 2.25. The number of hydrogen-bond acceptors (Lipinski definition) is 4. The zero-order chi connectivity index (χ0) is 10.8. The van der Waals surface area contributed by atoms with E-state index in [4.69, 9.17) is 5.73 Å². The van der Waals surface area contributed by atoms with Gasteiger partial charge in [0.15, 0.2) is 0 Å². The first-order chi connectivity index (χ1) is 7.15. The smallest absolute Gasteiger partial charge is 0.104 e. The molecule has 2 N–H and O–H groups in total. The largest absolute Gasteiger partial charge is 0.399 e. The van der Waals surface area contributed by atoms with E-state index in [2.05, 4.69) is 10.1 Å². The van der Waals surface area contributed by atoms with Gasteiger partial charge in [-0.15, -0.1) is 0 Å². The van der Waals surface area contributed by atoms with Gasteiger partial charge in [-0.2, -0.15) is 5.10 Å². The van der Waals surface area contributed by atoms with Gasteiger partial charge in [0, 0.05) is 18.9 Å². The second-order valence-corrected chi connectivity index (χ2v) is 4.32. The molecule has 0 spiro atoms. The van der Waals surface area contributed by atoms with Crippen molar-refractivity contribution >= 4 is 17.4 Å². The van der Waals surface area contributed by atoms with Crippen molar-refractivity contribution < 1.29 is 0 Å². The van der Waals surface area contributed by atoms with Gasteiger partial charge in [0.05, 0.1) is 5.69 Å². The fourth-order valence-corrected chi connectivity index (χ4v) is 2.20. The molecule has 0 saturated carbocycles. The van der Waals surface area contributed by atoms with Gasteiger partial charge in [0.2, 0.25) is 0 Å². The van der Waals surface area contributed by atoms with Crippen molar-refractivity contribution in [3.8, 4) is 0 Å². The molecule has 2 aromatic rings. The molecule has 2 rings (SSSR count). The van der Waals surface area contributed by atoms with Crippen molar-refractivity contribution in [1.29, 1.82) is 0 Å². The zero-order valence-corrected chi connectivity index (χ0v) is 9.45. The van der Waals surface area contributed by atoms with E-state index >= 15 is 0 Å². The molecule has 0 aliphatic rings. The number of aryl methyl sites for hydroxylation is 2. The van der Waals surface area contributed by atoms with E-state index in [0.29, 0.717) is 0 Å². The first kappa shape index (κ1) is 10.0. The van der Waals surface area contributed by atoms with Crippen molar-refractivity contribution in [3.63, 3.8) is 0 Å². The van der Waals surface area contributed by atoms with Gasteiger partial charge >= 0.3 is 0 Å². The maximum Gasteiger partial charge on any atom is 0.104 e. The van der Waals surface area contributed by atoms with Gasteiger partial charge in [-0.3, -0.25) is 4.68 Å². The fourth-order valence-electron chi connectivity index (χ4n) is 1.27. The molecule has 2 heterocycles. The standard InChI is InChI=1S/C10H12N4S/c1-7-5-10(14(2)13-7)15-9-6-8(11)3-4-12-9/h3-6H,1-2H3,(H2,11,12). The van der Waals surface area contributed by atoms with Crippen LogP contribution in [0.5, 0.6) is 0 Å². The molecule has 0 aliphatic heterocycles. The number of pyridine rings is 1. The topological polar surface area (TPSA) is 56.7 Å². The molecule has 0 fully saturated rings. The summed E-state index contributed by atoms with van der Waals surface area (Å²) in [6.07, 6.45) is 1.71. The Morgan fingerprint density at radius 3 is 2.80 bits per heavy atom. The lowest BCUT2D eigenvalue weighted by atomic mass is 10.4. The second kappa shape index (κ2) is 3.94. The first-order valence-corrected chi connectivity index (χ1v) is 5.37. The molecule has 0 unspecified atom stereocenters. The van der Waals surface area contributed by atoms with Gasteiger partial charge in [0.25, 0.3) is 0 Å². The SMILES string of the molecule is Cc1cc(Sc2cc(N)ccn2)n(C)n1. The van der Waals surface area contributed by atoms with Crippen LogP contribution in [0.25, 0.3) is 0 Å². The molecular formula is C10H12N4S. The third-order valence-electron chi connectivity index (χ3n) is 1.93. The van der Waals surface area contributed by atoms with Gasteiger partial charge < -0.3 is 5.73 Å². The molecule has 4 nitrogen and oxygen atoms in total. The molecule has 0 radical (unpaired) electrons. The number of aromatic nitrogens is 3. The maximum atomic E-state index is 5.68. The van der Waals surface area contributed by atoms with E-state index in [0.717, 1.165) is 21.4 Å². The molecule has 0 saturated heterocycles. The molecule has 5 heteroatoms. The van der Waals surface area contributed by atoms with E-state index in [1.807, 2.05) is 30.8 Å². The lowest BCUT2D eigenvalue weighted by Crippen LogP contribution is -1.93. The number of hydrogen-bond donors (Lipinski definition) is 1. The highest BCUT2D eigenvalue weighted by molar-refractivity contribution is 7.99. The van der Waals surface area contributed by atoms with E-state index in [9.17, 15) is 0 Å². The van der Waals surface area contributed by atoms with Crippen molar-refractivity contribution in [2.75, 3.05) is 5.73 Å². The summed E-state index contributed by atoms with van der Waals surface area (Å²) in [7, 11) is 1.92. The number of nitrogens with zero attached hydrogens (tertiary/aromatic N) is 3. The van der Waals surface area contributed by atoms with Crippen LogP contribution >= 0.6 is 11.8 Å². The molecule has 0 bridgehead atoms. The number of rotatable bonds is 2. The minimum absolute atomic E-state index is 0.728. The quantitative estimate of drug-likeness (QED) is 0.839. The Labute approximate surface area is 92.5 Å². The molecule has 0 amide bonds. The normalized spacial score (nSPS) is 10.5. The summed E-state index contributed by atoms with van der Waals surface area (Å²) in [6.45, 7) is 1.97. The van der Waals surface area contributed by atoms with Gasteiger partial charge in [-0.05, 0) is 25.1 Å². The van der Waals surface area contributed by atoms with E-state index < -0.39 is 0 Å². The molecular weight excluding hydrogens is 208 g/mol. The molecule has 0 atom stereocenters. The Morgan fingerprint density at radius 1 is 1.40 bits per heavy atom. The highest BCUT2D eigenvalue weighted by atomic mass is 32.2. The van der Waals surface area contributed by atoms with Crippen LogP contribution in [-0.4, -0.2) is 14.8 Å². The predicted molar refractivity (Wildman–Crippen MR) is 60.7 cm³/mol. The Bertz CT molecular complexity index is 478.